The van der Waals surface area contributed by atoms with Gasteiger partial charge in [-0.05, 0) is 44.0 Å². The van der Waals surface area contributed by atoms with Crippen molar-refractivity contribution in [3.63, 3.8) is 0 Å². The third-order valence-electron chi connectivity index (χ3n) is 3.63. The van der Waals surface area contributed by atoms with E-state index in [2.05, 4.69) is 15.6 Å². The molecule has 0 bridgehead atoms. The zero-order valence-corrected chi connectivity index (χ0v) is 13.4. The molecule has 1 aromatic heterocycles. The van der Waals surface area contributed by atoms with Gasteiger partial charge >= 0.3 is 5.97 Å². The second kappa shape index (κ2) is 7.12. The Morgan fingerprint density at radius 2 is 2.00 bits per heavy atom. The molecule has 1 amide bonds. The van der Waals surface area contributed by atoms with Crippen LogP contribution in [-0.2, 0) is 4.74 Å². The van der Waals surface area contributed by atoms with Gasteiger partial charge in [-0.25, -0.2) is 9.78 Å². The van der Waals surface area contributed by atoms with Crippen molar-refractivity contribution in [1.82, 2.24) is 4.98 Å². The van der Waals surface area contributed by atoms with Gasteiger partial charge in [0.1, 0.15) is 5.82 Å². The molecule has 0 saturated heterocycles. The van der Waals surface area contributed by atoms with Crippen molar-refractivity contribution < 1.29 is 14.3 Å². The lowest BCUT2D eigenvalue weighted by Gasteiger charge is -2.10. The predicted octanol–water partition coefficient (Wildman–Crippen LogP) is 3.08. The van der Waals surface area contributed by atoms with Crippen molar-refractivity contribution in [2.24, 2.45) is 0 Å². The Morgan fingerprint density at radius 3 is 2.67 bits per heavy atom. The van der Waals surface area contributed by atoms with Crippen LogP contribution in [0.5, 0.6) is 0 Å². The van der Waals surface area contributed by atoms with Gasteiger partial charge in [0.2, 0.25) is 0 Å². The van der Waals surface area contributed by atoms with Gasteiger partial charge in [0, 0.05) is 12.2 Å². The maximum absolute atomic E-state index is 12.4. The molecular weight excluding hydrogens is 306 g/mol. The van der Waals surface area contributed by atoms with E-state index in [-0.39, 0.29) is 12.5 Å². The van der Waals surface area contributed by atoms with Crippen molar-refractivity contribution in [3.05, 3.63) is 53.7 Å². The lowest BCUT2D eigenvalue weighted by Crippen LogP contribution is -2.16. The zero-order valence-electron chi connectivity index (χ0n) is 13.4. The Kier molecular flexibility index (Phi) is 4.74. The molecule has 0 unspecified atom stereocenters. The van der Waals surface area contributed by atoms with E-state index in [1.807, 2.05) is 0 Å². The summed E-state index contributed by atoms with van der Waals surface area (Å²) in [5, 5.41) is 6.00. The number of nitrogens with zero attached hydrogens (tertiary/aromatic N) is 1. The van der Waals surface area contributed by atoms with E-state index in [1.54, 1.807) is 43.3 Å². The number of ether oxygens (including phenoxy) is 1. The van der Waals surface area contributed by atoms with Gasteiger partial charge in [-0.1, -0.05) is 12.1 Å². The van der Waals surface area contributed by atoms with Gasteiger partial charge in [-0.2, -0.15) is 0 Å². The number of hydrogen-bond acceptors (Lipinski definition) is 5. The van der Waals surface area contributed by atoms with Crippen molar-refractivity contribution in [3.8, 4) is 0 Å². The first kappa shape index (κ1) is 16.0. The standard InChI is InChI=1S/C18H19N3O3/c1-2-24-18(23)14-5-3-4-6-15(14)21-17(22)12-7-10-16(19-11-12)20-13-8-9-13/h3-7,10-11,13H,2,8-9H2,1H3,(H,19,20)(H,21,22). The van der Waals surface area contributed by atoms with Crippen LogP contribution in [0.25, 0.3) is 0 Å². The fraction of sp³-hybridized carbons (Fsp3) is 0.278. The first-order chi connectivity index (χ1) is 11.7. The van der Waals surface area contributed by atoms with E-state index >= 15 is 0 Å². The number of benzene rings is 1. The number of rotatable bonds is 6. The number of nitrogens with one attached hydrogen (secondary N) is 2. The van der Waals surface area contributed by atoms with Crippen LogP contribution in [0.15, 0.2) is 42.6 Å². The fourth-order valence-electron chi connectivity index (χ4n) is 2.22. The molecule has 2 N–H and O–H groups in total. The summed E-state index contributed by atoms with van der Waals surface area (Å²) in [6.07, 6.45) is 3.84. The maximum atomic E-state index is 12.4. The van der Waals surface area contributed by atoms with Crippen LogP contribution in [0, 0.1) is 0 Å². The van der Waals surface area contributed by atoms with Gasteiger partial charge in [-0.3, -0.25) is 4.79 Å². The van der Waals surface area contributed by atoms with Gasteiger partial charge < -0.3 is 15.4 Å². The van der Waals surface area contributed by atoms with E-state index in [9.17, 15) is 9.59 Å². The molecule has 6 nitrogen and oxygen atoms in total. The Labute approximate surface area is 140 Å². The largest absolute Gasteiger partial charge is 0.462 e. The highest BCUT2D eigenvalue weighted by Crippen LogP contribution is 2.23. The maximum Gasteiger partial charge on any atom is 0.340 e. The van der Waals surface area contributed by atoms with Crippen LogP contribution in [0.3, 0.4) is 0 Å². The summed E-state index contributed by atoms with van der Waals surface area (Å²) in [7, 11) is 0. The molecule has 0 radical (unpaired) electrons. The summed E-state index contributed by atoms with van der Waals surface area (Å²) in [5.41, 5.74) is 1.17. The van der Waals surface area contributed by atoms with Crippen LogP contribution >= 0.6 is 0 Å². The quantitative estimate of drug-likeness (QED) is 0.798. The van der Waals surface area contributed by atoms with E-state index in [1.165, 1.54) is 6.20 Å². The number of aromatic nitrogens is 1. The van der Waals surface area contributed by atoms with Crippen molar-refractivity contribution in [2.45, 2.75) is 25.8 Å². The molecule has 0 spiro atoms. The number of para-hydroxylation sites is 1. The molecule has 1 saturated carbocycles. The number of carbonyl (C=O) groups excluding carboxylic acids is 2. The Hall–Kier alpha value is -2.89. The summed E-state index contributed by atoms with van der Waals surface area (Å²) in [4.78, 5) is 28.6. The lowest BCUT2D eigenvalue weighted by atomic mass is 10.1. The van der Waals surface area contributed by atoms with Gasteiger partial charge in [0.15, 0.2) is 0 Å². The van der Waals surface area contributed by atoms with Crippen molar-refractivity contribution in [1.29, 1.82) is 0 Å². The Morgan fingerprint density at radius 1 is 1.21 bits per heavy atom. The second-order valence-corrected chi connectivity index (χ2v) is 5.57. The van der Waals surface area contributed by atoms with Crippen molar-refractivity contribution >= 4 is 23.4 Å². The van der Waals surface area contributed by atoms with Crippen LogP contribution in [-0.4, -0.2) is 29.5 Å². The molecule has 1 fully saturated rings. The molecule has 24 heavy (non-hydrogen) atoms. The minimum absolute atomic E-state index is 0.278. The molecule has 1 aromatic carbocycles. The number of hydrogen-bond donors (Lipinski definition) is 2. The van der Waals surface area contributed by atoms with Crippen LogP contribution in [0.1, 0.15) is 40.5 Å². The molecule has 124 valence electrons. The molecular formula is C18H19N3O3. The number of anilines is 2. The number of amides is 1. The highest BCUT2D eigenvalue weighted by Gasteiger charge is 2.21. The monoisotopic (exact) mass is 325 g/mol. The molecule has 1 aliphatic carbocycles. The second-order valence-electron chi connectivity index (χ2n) is 5.57. The summed E-state index contributed by atoms with van der Waals surface area (Å²) < 4.78 is 5.00. The SMILES string of the molecule is CCOC(=O)c1ccccc1NC(=O)c1ccc(NC2CC2)nc1. The number of esters is 1. The molecule has 3 rings (SSSR count). The third-order valence-corrected chi connectivity index (χ3v) is 3.63. The van der Waals surface area contributed by atoms with E-state index < -0.39 is 5.97 Å². The Bertz CT molecular complexity index is 739. The van der Waals surface area contributed by atoms with E-state index in [4.69, 9.17) is 4.74 Å². The molecule has 6 heteroatoms. The first-order valence-corrected chi connectivity index (χ1v) is 7.97. The zero-order chi connectivity index (χ0) is 16.9. The number of pyridine rings is 1. The molecule has 1 aliphatic rings. The summed E-state index contributed by atoms with van der Waals surface area (Å²) >= 11 is 0. The topological polar surface area (TPSA) is 80.3 Å². The molecule has 0 aliphatic heterocycles. The van der Waals surface area contributed by atoms with Crippen LogP contribution < -0.4 is 10.6 Å². The summed E-state index contributed by atoms with van der Waals surface area (Å²) in [6.45, 7) is 2.02. The highest BCUT2D eigenvalue weighted by atomic mass is 16.5. The van der Waals surface area contributed by atoms with Gasteiger partial charge in [-0.15, -0.1) is 0 Å². The first-order valence-electron chi connectivity index (χ1n) is 7.97. The molecule has 2 aromatic rings. The molecule has 1 heterocycles. The van der Waals surface area contributed by atoms with Gasteiger partial charge in [0.05, 0.1) is 23.4 Å². The van der Waals surface area contributed by atoms with E-state index in [0.29, 0.717) is 22.9 Å². The molecule has 0 atom stereocenters. The van der Waals surface area contributed by atoms with Crippen LogP contribution in [0.2, 0.25) is 0 Å². The smallest absolute Gasteiger partial charge is 0.340 e. The lowest BCUT2D eigenvalue weighted by molar-refractivity contribution is 0.0527. The predicted molar refractivity (Wildman–Crippen MR) is 91.2 cm³/mol. The van der Waals surface area contributed by atoms with Crippen LogP contribution in [0.4, 0.5) is 11.5 Å². The average molecular weight is 325 g/mol. The number of carbonyl (C=O) groups is 2. The van der Waals surface area contributed by atoms with E-state index in [0.717, 1.165) is 18.7 Å². The van der Waals surface area contributed by atoms with Crippen molar-refractivity contribution in [2.75, 3.05) is 17.2 Å². The minimum Gasteiger partial charge on any atom is -0.462 e. The average Bonchev–Trinajstić information content (AvgIpc) is 3.40. The van der Waals surface area contributed by atoms with Gasteiger partial charge in [0.25, 0.3) is 5.91 Å². The summed E-state index contributed by atoms with van der Waals surface area (Å²) in [6, 6.07) is 10.8. The minimum atomic E-state index is -0.462. The third kappa shape index (κ3) is 3.90. The Balaban J connectivity index is 1.71. The highest BCUT2D eigenvalue weighted by molar-refractivity contribution is 6.07. The fourth-order valence-corrected chi connectivity index (χ4v) is 2.22. The normalized spacial score (nSPS) is 13.2. The summed E-state index contributed by atoms with van der Waals surface area (Å²) in [5.74, 6) is -0.0197.